The molecule has 0 aliphatic carbocycles. The van der Waals surface area contributed by atoms with Gasteiger partial charge in [-0.1, -0.05) is 6.07 Å². The molecule has 1 rings (SSSR count). The van der Waals surface area contributed by atoms with E-state index in [0.29, 0.717) is 5.69 Å². The lowest BCUT2D eigenvalue weighted by molar-refractivity contribution is -0.139. The summed E-state index contributed by atoms with van der Waals surface area (Å²) in [5.41, 5.74) is 0.633. The highest BCUT2D eigenvalue weighted by Gasteiger charge is 2.22. The monoisotopic (exact) mass is 194 g/mol. The minimum atomic E-state index is -0.605. The maximum absolute atomic E-state index is 11.6. The van der Waals surface area contributed by atoms with Crippen molar-refractivity contribution in [1.82, 2.24) is 9.88 Å². The molecule has 0 aliphatic heterocycles. The highest BCUT2D eigenvalue weighted by atomic mass is 16.5. The van der Waals surface area contributed by atoms with Crippen molar-refractivity contribution in [3.05, 3.63) is 30.1 Å². The fraction of sp³-hybridized carbons (Fsp3) is 0.400. The summed E-state index contributed by atoms with van der Waals surface area (Å²) in [6.07, 6.45) is 1.04. The van der Waals surface area contributed by atoms with Crippen LogP contribution in [-0.2, 0) is 9.53 Å². The molecule has 0 fully saturated rings. The van der Waals surface area contributed by atoms with Gasteiger partial charge >= 0.3 is 0 Å². The van der Waals surface area contributed by atoms with Crippen molar-refractivity contribution in [1.29, 1.82) is 0 Å². The molecular weight excluding hydrogens is 180 g/mol. The van der Waals surface area contributed by atoms with E-state index in [4.69, 9.17) is 4.74 Å². The molecule has 1 atom stereocenters. The summed E-state index contributed by atoms with van der Waals surface area (Å²) < 4.78 is 5.11. The molecule has 0 aliphatic rings. The van der Waals surface area contributed by atoms with Gasteiger partial charge in [-0.2, -0.15) is 0 Å². The second kappa shape index (κ2) is 4.72. The van der Waals surface area contributed by atoms with E-state index >= 15 is 0 Å². The van der Waals surface area contributed by atoms with E-state index in [1.165, 1.54) is 12.0 Å². The summed E-state index contributed by atoms with van der Waals surface area (Å²) in [4.78, 5) is 17.2. The van der Waals surface area contributed by atoms with Gasteiger partial charge in [-0.3, -0.25) is 9.78 Å². The standard InChI is InChI=1S/C10H14N2O2/c1-12(2)10(13)9(14-3)8-6-4-5-7-11-8/h4-7,9H,1-3H3. The van der Waals surface area contributed by atoms with Crippen LogP contribution in [0, 0.1) is 0 Å². The van der Waals surface area contributed by atoms with Crippen molar-refractivity contribution in [2.75, 3.05) is 21.2 Å². The molecular formula is C10H14N2O2. The fourth-order valence-corrected chi connectivity index (χ4v) is 1.11. The maximum Gasteiger partial charge on any atom is 0.257 e. The largest absolute Gasteiger partial charge is 0.365 e. The van der Waals surface area contributed by atoms with Crippen LogP contribution in [0.3, 0.4) is 0 Å². The normalized spacial score (nSPS) is 12.2. The minimum Gasteiger partial charge on any atom is -0.365 e. The number of hydrogen-bond acceptors (Lipinski definition) is 3. The zero-order valence-corrected chi connectivity index (χ0v) is 8.60. The zero-order chi connectivity index (χ0) is 10.6. The van der Waals surface area contributed by atoms with Crippen LogP contribution in [0.25, 0.3) is 0 Å². The van der Waals surface area contributed by atoms with Gasteiger partial charge in [0.25, 0.3) is 5.91 Å². The van der Waals surface area contributed by atoms with Gasteiger partial charge in [0.2, 0.25) is 0 Å². The van der Waals surface area contributed by atoms with Crippen molar-refractivity contribution < 1.29 is 9.53 Å². The van der Waals surface area contributed by atoms with E-state index in [-0.39, 0.29) is 5.91 Å². The van der Waals surface area contributed by atoms with Crippen molar-refractivity contribution >= 4 is 5.91 Å². The van der Waals surface area contributed by atoms with Gasteiger partial charge < -0.3 is 9.64 Å². The van der Waals surface area contributed by atoms with Crippen LogP contribution in [-0.4, -0.2) is 37.0 Å². The summed E-state index contributed by atoms with van der Waals surface area (Å²) in [7, 11) is 4.88. The van der Waals surface area contributed by atoms with Crippen molar-refractivity contribution in [3.8, 4) is 0 Å². The first-order valence-corrected chi connectivity index (χ1v) is 4.31. The molecule has 1 aromatic heterocycles. The van der Waals surface area contributed by atoms with Gasteiger partial charge in [0.15, 0.2) is 6.10 Å². The lowest BCUT2D eigenvalue weighted by Gasteiger charge is -2.18. The second-order valence-electron chi connectivity index (χ2n) is 3.10. The third-order valence-corrected chi connectivity index (χ3v) is 1.86. The summed E-state index contributed by atoms with van der Waals surface area (Å²) in [6, 6.07) is 5.41. The number of carbonyl (C=O) groups is 1. The Balaban J connectivity index is 2.88. The summed E-state index contributed by atoms with van der Waals surface area (Å²) >= 11 is 0. The number of carbonyl (C=O) groups excluding carboxylic acids is 1. The second-order valence-corrected chi connectivity index (χ2v) is 3.10. The fourth-order valence-electron chi connectivity index (χ4n) is 1.11. The zero-order valence-electron chi connectivity index (χ0n) is 8.60. The summed E-state index contributed by atoms with van der Waals surface area (Å²) in [5.74, 6) is -0.105. The Labute approximate surface area is 83.5 Å². The molecule has 0 N–H and O–H groups in total. The Kier molecular flexibility index (Phi) is 3.59. The van der Waals surface area contributed by atoms with Crippen LogP contribution < -0.4 is 0 Å². The van der Waals surface area contributed by atoms with Gasteiger partial charge in [0, 0.05) is 27.4 Å². The van der Waals surface area contributed by atoms with Crippen LogP contribution in [0.1, 0.15) is 11.8 Å². The summed E-state index contributed by atoms with van der Waals surface area (Å²) in [6.45, 7) is 0. The van der Waals surface area contributed by atoms with E-state index in [0.717, 1.165) is 0 Å². The SMILES string of the molecule is COC(C(=O)N(C)C)c1ccccn1. The molecule has 0 bridgehead atoms. The van der Waals surface area contributed by atoms with Crippen molar-refractivity contribution in [2.45, 2.75) is 6.10 Å². The number of nitrogens with zero attached hydrogens (tertiary/aromatic N) is 2. The van der Waals surface area contributed by atoms with Gasteiger partial charge in [0.1, 0.15) is 0 Å². The summed E-state index contributed by atoms with van der Waals surface area (Å²) in [5, 5.41) is 0. The highest BCUT2D eigenvalue weighted by molar-refractivity contribution is 5.81. The van der Waals surface area contributed by atoms with E-state index in [2.05, 4.69) is 4.98 Å². The van der Waals surface area contributed by atoms with Crippen LogP contribution in [0.15, 0.2) is 24.4 Å². The Hall–Kier alpha value is -1.42. The van der Waals surface area contributed by atoms with Gasteiger partial charge in [-0.05, 0) is 12.1 Å². The molecule has 0 aromatic carbocycles. The Morgan fingerprint density at radius 1 is 1.50 bits per heavy atom. The van der Waals surface area contributed by atoms with Crippen LogP contribution in [0.5, 0.6) is 0 Å². The van der Waals surface area contributed by atoms with E-state index in [1.54, 1.807) is 32.4 Å². The Bertz CT molecular complexity index is 298. The molecule has 0 saturated carbocycles. The molecule has 0 saturated heterocycles. The molecule has 4 nitrogen and oxygen atoms in total. The smallest absolute Gasteiger partial charge is 0.257 e. The van der Waals surface area contributed by atoms with Crippen molar-refractivity contribution in [3.63, 3.8) is 0 Å². The molecule has 76 valence electrons. The number of ether oxygens (including phenoxy) is 1. The molecule has 0 spiro atoms. The first-order chi connectivity index (χ1) is 6.66. The maximum atomic E-state index is 11.6. The molecule has 1 aromatic rings. The number of likely N-dealkylation sites (N-methyl/N-ethyl adjacent to an activating group) is 1. The lowest BCUT2D eigenvalue weighted by atomic mass is 10.2. The first-order valence-electron chi connectivity index (χ1n) is 4.31. The van der Waals surface area contributed by atoms with E-state index in [1.807, 2.05) is 6.07 Å². The molecule has 0 radical (unpaired) electrons. The quantitative estimate of drug-likeness (QED) is 0.716. The van der Waals surface area contributed by atoms with Crippen LogP contribution in [0.4, 0.5) is 0 Å². The predicted octanol–water partition coefficient (Wildman–Crippen LogP) is 0.857. The first kappa shape index (κ1) is 10.7. The molecule has 14 heavy (non-hydrogen) atoms. The minimum absolute atomic E-state index is 0.105. The van der Waals surface area contributed by atoms with Crippen LogP contribution in [0.2, 0.25) is 0 Å². The number of rotatable bonds is 3. The number of hydrogen-bond donors (Lipinski definition) is 0. The number of methoxy groups -OCH3 is 1. The number of pyridine rings is 1. The number of aromatic nitrogens is 1. The average Bonchev–Trinajstić information content (AvgIpc) is 2.20. The number of amides is 1. The van der Waals surface area contributed by atoms with Gasteiger partial charge in [-0.15, -0.1) is 0 Å². The molecule has 4 heteroatoms. The topological polar surface area (TPSA) is 42.4 Å². The third-order valence-electron chi connectivity index (χ3n) is 1.86. The Morgan fingerprint density at radius 3 is 2.64 bits per heavy atom. The Morgan fingerprint density at radius 2 is 2.21 bits per heavy atom. The van der Waals surface area contributed by atoms with Gasteiger partial charge in [0.05, 0.1) is 5.69 Å². The lowest BCUT2D eigenvalue weighted by Crippen LogP contribution is -2.29. The average molecular weight is 194 g/mol. The molecule has 1 unspecified atom stereocenters. The third kappa shape index (κ3) is 2.29. The highest BCUT2D eigenvalue weighted by Crippen LogP contribution is 2.15. The van der Waals surface area contributed by atoms with Crippen molar-refractivity contribution in [2.24, 2.45) is 0 Å². The predicted molar refractivity (Wildman–Crippen MR) is 52.7 cm³/mol. The molecule has 1 amide bonds. The van der Waals surface area contributed by atoms with E-state index < -0.39 is 6.10 Å². The van der Waals surface area contributed by atoms with Gasteiger partial charge in [-0.25, -0.2) is 0 Å². The van der Waals surface area contributed by atoms with E-state index in [9.17, 15) is 4.79 Å². The van der Waals surface area contributed by atoms with Crippen LogP contribution >= 0.6 is 0 Å². The molecule has 1 heterocycles.